The molecule has 2 aromatic carbocycles. The second-order valence-electron chi connectivity index (χ2n) is 7.68. The van der Waals surface area contributed by atoms with Crippen LogP contribution in [-0.2, 0) is 9.53 Å². The minimum Gasteiger partial charge on any atom is -0.497 e. The highest BCUT2D eigenvalue weighted by molar-refractivity contribution is 6.00. The number of hydrogen-bond acceptors (Lipinski definition) is 5. The number of H-pyrrole nitrogens is 1. The van der Waals surface area contributed by atoms with Crippen LogP contribution >= 0.6 is 0 Å². The lowest BCUT2D eigenvalue weighted by molar-refractivity contribution is -0.125. The largest absolute Gasteiger partial charge is 0.497 e. The number of fused-ring (bicyclic) bond motifs is 1. The second kappa shape index (κ2) is 9.74. The van der Waals surface area contributed by atoms with Gasteiger partial charge in [-0.1, -0.05) is 18.2 Å². The molecule has 168 valence electrons. The number of aromatic nitrogens is 1. The topological polar surface area (TPSA) is 92.9 Å². The normalized spacial score (nSPS) is 18.0. The Kier molecular flexibility index (Phi) is 6.61. The number of methoxy groups -OCH3 is 2. The van der Waals surface area contributed by atoms with Crippen molar-refractivity contribution in [2.45, 2.75) is 18.6 Å². The quantitative estimate of drug-likeness (QED) is 0.529. The molecule has 1 aliphatic rings. The number of carbonyl (C=O) groups is 2. The molecule has 0 unspecified atom stereocenters. The zero-order valence-electron chi connectivity index (χ0n) is 18.2. The number of hydrogen-bond donors (Lipinski definition) is 2. The summed E-state index contributed by atoms with van der Waals surface area (Å²) >= 11 is 0. The molecule has 0 spiro atoms. The van der Waals surface area contributed by atoms with Crippen molar-refractivity contribution in [3.05, 3.63) is 60.3 Å². The van der Waals surface area contributed by atoms with Gasteiger partial charge in [0.2, 0.25) is 5.91 Å². The predicted molar refractivity (Wildman–Crippen MR) is 120 cm³/mol. The Hall–Kier alpha value is -3.52. The highest BCUT2D eigenvalue weighted by Gasteiger charge is 2.41. The smallest absolute Gasteiger partial charge is 0.271 e. The maximum atomic E-state index is 13.4. The first kappa shape index (κ1) is 21.7. The third kappa shape index (κ3) is 4.70. The van der Waals surface area contributed by atoms with E-state index in [1.807, 2.05) is 48.5 Å². The van der Waals surface area contributed by atoms with E-state index in [-0.39, 0.29) is 17.9 Å². The van der Waals surface area contributed by atoms with E-state index >= 15 is 0 Å². The molecule has 0 bridgehead atoms. The van der Waals surface area contributed by atoms with Crippen molar-refractivity contribution in [2.75, 3.05) is 33.9 Å². The summed E-state index contributed by atoms with van der Waals surface area (Å²) in [7, 11) is 3.17. The molecule has 1 saturated heterocycles. The van der Waals surface area contributed by atoms with E-state index in [9.17, 15) is 9.59 Å². The molecule has 3 aromatic rings. The molecular weight excluding hydrogens is 410 g/mol. The lowest BCUT2D eigenvalue weighted by Gasteiger charge is -2.23. The molecule has 1 aromatic heterocycles. The monoisotopic (exact) mass is 437 g/mol. The Morgan fingerprint density at radius 3 is 2.66 bits per heavy atom. The van der Waals surface area contributed by atoms with E-state index in [1.165, 1.54) is 0 Å². The lowest BCUT2D eigenvalue weighted by atomic mass is 10.1. The van der Waals surface area contributed by atoms with Gasteiger partial charge in [0, 0.05) is 37.0 Å². The van der Waals surface area contributed by atoms with Gasteiger partial charge in [0.05, 0.1) is 20.3 Å². The summed E-state index contributed by atoms with van der Waals surface area (Å²) in [6.07, 6.45) is 0.122. The molecule has 2 atom stereocenters. The van der Waals surface area contributed by atoms with Crippen LogP contribution in [0.5, 0.6) is 11.5 Å². The number of rotatable bonds is 8. The van der Waals surface area contributed by atoms with E-state index < -0.39 is 6.04 Å². The molecule has 4 rings (SSSR count). The Balaban J connectivity index is 1.56. The molecule has 2 amide bonds. The van der Waals surface area contributed by atoms with E-state index in [0.717, 1.165) is 10.9 Å². The lowest BCUT2D eigenvalue weighted by Crippen LogP contribution is -2.46. The summed E-state index contributed by atoms with van der Waals surface area (Å²) in [5, 5.41) is 3.74. The van der Waals surface area contributed by atoms with Gasteiger partial charge in [-0.3, -0.25) is 9.59 Å². The van der Waals surface area contributed by atoms with Gasteiger partial charge >= 0.3 is 0 Å². The molecule has 1 aliphatic heterocycles. The number of benzene rings is 2. The Morgan fingerprint density at radius 1 is 1.09 bits per heavy atom. The number of nitrogens with one attached hydrogen (secondary N) is 2. The van der Waals surface area contributed by atoms with Gasteiger partial charge in [-0.15, -0.1) is 0 Å². The summed E-state index contributed by atoms with van der Waals surface area (Å²) in [6.45, 7) is 1.10. The first-order valence-corrected chi connectivity index (χ1v) is 10.5. The molecule has 0 aliphatic carbocycles. The van der Waals surface area contributed by atoms with Crippen LogP contribution in [0.15, 0.2) is 54.6 Å². The van der Waals surface area contributed by atoms with Crippen LogP contribution in [-0.4, -0.2) is 67.8 Å². The third-order valence-electron chi connectivity index (χ3n) is 5.54. The summed E-state index contributed by atoms with van der Waals surface area (Å²) in [5.41, 5.74) is 1.22. The van der Waals surface area contributed by atoms with Crippen molar-refractivity contribution in [1.82, 2.24) is 15.2 Å². The Labute approximate surface area is 186 Å². The Bertz CT molecular complexity index is 1080. The minimum absolute atomic E-state index is 0.215. The summed E-state index contributed by atoms with van der Waals surface area (Å²) in [5.74, 6) is 0.952. The van der Waals surface area contributed by atoms with Crippen LogP contribution in [0, 0.1) is 0 Å². The number of carbonyl (C=O) groups excluding carboxylic acids is 2. The van der Waals surface area contributed by atoms with Gasteiger partial charge in [-0.05, 0) is 30.3 Å². The average molecular weight is 437 g/mol. The number of aromatic amines is 1. The summed E-state index contributed by atoms with van der Waals surface area (Å²) in [6, 6.07) is 16.2. The maximum absolute atomic E-state index is 13.4. The fourth-order valence-corrected chi connectivity index (χ4v) is 3.94. The predicted octanol–water partition coefficient (Wildman–Crippen LogP) is 2.60. The first-order valence-electron chi connectivity index (χ1n) is 10.5. The van der Waals surface area contributed by atoms with E-state index in [1.54, 1.807) is 25.2 Å². The molecule has 0 saturated carbocycles. The van der Waals surface area contributed by atoms with Crippen LogP contribution in [0.3, 0.4) is 0 Å². The highest BCUT2D eigenvalue weighted by Crippen LogP contribution is 2.27. The molecular formula is C24H27N3O5. The molecule has 0 radical (unpaired) electrons. The number of ether oxygens (including phenoxy) is 3. The number of para-hydroxylation sites is 1. The zero-order chi connectivity index (χ0) is 22.5. The SMILES string of the molecule is COCCNC(=O)[C@@H]1C[C@H](Oc2ccccc2)CN1C(=O)c1cc2ccc(OC)cc2[nH]1. The second-order valence-corrected chi connectivity index (χ2v) is 7.68. The van der Waals surface area contributed by atoms with Crippen molar-refractivity contribution < 1.29 is 23.8 Å². The van der Waals surface area contributed by atoms with Gasteiger partial charge in [-0.2, -0.15) is 0 Å². The van der Waals surface area contributed by atoms with Gasteiger partial charge in [-0.25, -0.2) is 0 Å². The first-order chi connectivity index (χ1) is 15.6. The fraction of sp³-hybridized carbons (Fsp3) is 0.333. The number of likely N-dealkylation sites (tertiary alicyclic amines) is 1. The van der Waals surface area contributed by atoms with Gasteiger partial charge < -0.3 is 29.4 Å². The third-order valence-corrected chi connectivity index (χ3v) is 5.54. The highest BCUT2D eigenvalue weighted by atomic mass is 16.5. The Morgan fingerprint density at radius 2 is 1.91 bits per heavy atom. The molecule has 2 heterocycles. The number of nitrogens with zero attached hydrogens (tertiary/aromatic N) is 1. The fourth-order valence-electron chi connectivity index (χ4n) is 3.94. The number of amides is 2. The van der Waals surface area contributed by atoms with Crippen LogP contribution in [0.25, 0.3) is 10.9 Å². The van der Waals surface area contributed by atoms with Gasteiger partial charge in [0.15, 0.2) is 0 Å². The van der Waals surface area contributed by atoms with Crippen molar-refractivity contribution in [2.24, 2.45) is 0 Å². The van der Waals surface area contributed by atoms with E-state index in [0.29, 0.717) is 43.3 Å². The van der Waals surface area contributed by atoms with Crippen molar-refractivity contribution in [3.63, 3.8) is 0 Å². The average Bonchev–Trinajstić information content (AvgIpc) is 3.43. The van der Waals surface area contributed by atoms with Crippen LogP contribution in [0.1, 0.15) is 16.9 Å². The van der Waals surface area contributed by atoms with Crippen molar-refractivity contribution in [1.29, 1.82) is 0 Å². The zero-order valence-corrected chi connectivity index (χ0v) is 18.2. The van der Waals surface area contributed by atoms with Crippen LogP contribution < -0.4 is 14.8 Å². The van der Waals surface area contributed by atoms with Crippen molar-refractivity contribution >= 4 is 22.7 Å². The molecule has 8 heteroatoms. The van der Waals surface area contributed by atoms with Gasteiger partial charge in [0.25, 0.3) is 5.91 Å². The van der Waals surface area contributed by atoms with Crippen LogP contribution in [0.4, 0.5) is 0 Å². The summed E-state index contributed by atoms with van der Waals surface area (Å²) in [4.78, 5) is 31.0. The standard InChI is InChI=1S/C24H27N3O5/c1-30-11-10-25-23(28)22-14-19(32-17-6-4-3-5-7-17)15-27(22)24(29)21-12-16-8-9-18(31-2)13-20(16)26-21/h3-9,12-13,19,22,26H,10-11,14-15H2,1-2H3,(H,25,28)/t19-,22-/m0/s1. The summed E-state index contributed by atoms with van der Waals surface area (Å²) < 4.78 is 16.3. The van der Waals surface area contributed by atoms with Gasteiger partial charge in [0.1, 0.15) is 29.3 Å². The molecule has 32 heavy (non-hydrogen) atoms. The van der Waals surface area contributed by atoms with E-state index in [4.69, 9.17) is 14.2 Å². The molecule has 2 N–H and O–H groups in total. The van der Waals surface area contributed by atoms with Crippen LogP contribution in [0.2, 0.25) is 0 Å². The molecule has 8 nitrogen and oxygen atoms in total. The van der Waals surface area contributed by atoms with Crippen molar-refractivity contribution in [3.8, 4) is 11.5 Å². The minimum atomic E-state index is -0.631. The molecule has 1 fully saturated rings. The van der Waals surface area contributed by atoms with E-state index in [2.05, 4.69) is 10.3 Å². The maximum Gasteiger partial charge on any atom is 0.271 e.